The minimum Gasteiger partial charge on any atom is -0.457 e. The van der Waals surface area contributed by atoms with Gasteiger partial charge in [-0.1, -0.05) is 49.4 Å². The molecule has 1 aliphatic carbocycles. The van der Waals surface area contributed by atoms with Crippen LogP contribution in [0, 0.1) is 11.3 Å². The highest BCUT2D eigenvalue weighted by Crippen LogP contribution is 2.38. The lowest BCUT2D eigenvalue weighted by Crippen LogP contribution is -2.32. The minimum atomic E-state index is -0.695. The van der Waals surface area contributed by atoms with Crippen LogP contribution in [0.5, 0.6) is 5.75 Å². The van der Waals surface area contributed by atoms with E-state index in [4.69, 9.17) is 15.5 Å². The predicted octanol–water partition coefficient (Wildman–Crippen LogP) is 6.48. The molecule has 3 aromatic carbocycles. The van der Waals surface area contributed by atoms with Crippen molar-refractivity contribution in [2.75, 3.05) is 0 Å². The quantitative estimate of drug-likeness (QED) is 0.429. The number of ether oxygens (including phenoxy) is 1. The number of nitrogens with zero attached hydrogens (tertiary/aromatic N) is 2. The van der Waals surface area contributed by atoms with Crippen LogP contribution in [0.2, 0.25) is 0 Å². The van der Waals surface area contributed by atoms with Crippen molar-refractivity contribution >= 4 is 11.4 Å². The first-order chi connectivity index (χ1) is 18.0. The average molecular weight is 490 g/mol. The fourth-order valence-corrected chi connectivity index (χ4v) is 5.07. The molecule has 1 aliphatic heterocycles. The number of aliphatic hydroxyl groups excluding tert-OH is 1. The molecule has 0 saturated heterocycles. The van der Waals surface area contributed by atoms with Crippen LogP contribution in [0.3, 0.4) is 0 Å². The van der Waals surface area contributed by atoms with E-state index >= 15 is 0 Å². The van der Waals surface area contributed by atoms with Crippen LogP contribution in [0.4, 0.5) is 0 Å². The number of aryl methyl sites for hydroxylation is 1. The Labute approximate surface area is 218 Å². The second kappa shape index (κ2) is 10.6. The van der Waals surface area contributed by atoms with Gasteiger partial charge in [0.25, 0.3) is 0 Å². The topological polar surface area (TPSA) is 91.6 Å². The molecular formula is C32H31N3O2. The molecule has 5 heteroatoms. The van der Waals surface area contributed by atoms with Gasteiger partial charge in [-0.2, -0.15) is 5.26 Å². The van der Waals surface area contributed by atoms with Crippen molar-refractivity contribution in [2.45, 2.75) is 51.7 Å². The van der Waals surface area contributed by atoms with Crippen LogP contribution in [-0.2, 0) is 6.42 Å². The highest BCUT2D eigenvalue weighted by molar-refractivity contribution is 5.91. The maximum Gasteiger partial charge on any atom is 0.136 e. The Morgan fingerprint density at radius 3 is 2.65 bits per heavy atom. The molecule has 0 bridgehead atoms. The van der Waals surface area contributed by atoms with Gasteiger partial charge in [0.1, 0.15) is 11.5 Å². The Morgan fingerprint density at radius 2 is 1.89 bits per heavy atom. The van der Waals surface area contributed by atoms with Crippen LogP contribution >= 0.6 is 0 Å². The van der Waals surface area contributed by atoms with E-state index in [2.05, 4.69) is 25.1 Å². The Balaban J connectivity index is 1.60. The summed E-state index contributed by atoms with van der Waals surface area (Å²) in [5, 5.41) is 20.4. The Morgan fingerprint density at radius 1 is 1.08 bits per heavy atom. The van der Waals surface area contributed by atoms with E-state index < -0.39 is 6.10 Å². The first-order valence-corrected chi connectivity index (χ1v) is 12.8. The molecule has 2 aliphatic rings. The van der Waals surface area contributed by atoms with E-state index in [-0.39, 0.29) is 6.04 Å². The van der Waals surface area contributed by atoms with Crippen molar-refractivity contribution in [3.63, 3.8) is 0 Å². The van der Waals surface area contributed by atoms with Crippen LogP contribution in [0.1, 0.15) is 61.5 Å². The molecule has 0 aromatic heterocycles. The molecule has 2 unspecified atom stereocenters. The van der Waals surface area contributed by atoms with E-state index in [0.717, 1.165) is 76.2 Å². The van der Waals surface area contributed by atoms with Gasteiger partial charge in [0.05, 0.1) is 23.4 Å². The van der Waals surface area contributed by atoms with Crippen molar-refractivity contribution in [1.29, 1.82) is 5.26 Å². The van der Waals surface area contributed by atoms with Crippen molar-refractivity contribution in [2.24, 2.45) is 10.7 Å². The van der Waals surface area contributed by atoms with E-state index in [1.165, 1.54) is 0 Å². The van der Waals surface area contributed by atoms with Gasteiger partial charge in [0.15, 0.2) is 0 Å². The smallest absolute Gasteiger partial charge is 0.136 e. The highest BCUT2D eigenvalue weighted by Gasteiger charge is 2.26. The number of aliphatic hydroxyl groups is 1. The number of benzene rings is 3. The number of allylic oxidation sites excluding steroid dienone is 2. The number of nitriles is 1. The first kappa shape index (κ1) is 24.7. The number of aliphatic imine (C=N–C) groups is 1. The molecule has 37 heavy (non-hydrogen) atoms. The maximum absolute atomic E-state index is 10.7. The lowest BCUT2D eigenvalue weighted by molar-refractivity contribution is 0.134. The average Bonchev–Trinajstić information content (AvgIpc) is 3.09. The second-order valence-electron chi connectivity index (χ2n) is 9.73. The van der Waals surface area contributed by atoms with E-state index in [9.17, 15) is 10.4 Å². The molecule has 3 N–H and O–H groups in total. The lowest BCUT2D eigenvalue weighted by Gasteiger charge is -2.28. The zero-order valence-corrected chi connectivity index (χ0v) is 21.2. The predicted molar refractivity (Wildman–Crippen MR) is 148 cm³/mol. The lowest BCUT2D eigenvalue weighted by atomic mass is 9.84. The first-order valence-electron chi connectivity index (χ1n) is 12.8. The summed E-state index contributed by atoms with van der Waals surface area (Å²) in [5.41, 5.74) is 14.5. The Bertz CT molecular complexity index is 1460. The number of nitrogens with two attached hydrogens (primary N) is 1. The summed E-state index contributed by atoms with van der Waals surface area (Å²) in [6.07, 6.45) is 4.46. The van der Waals surface area contributed by atoms with E-state index in [1.807, 2.05) is 55.5 Å². The number of rotatable bonds is 5. The third-order valence-electron chi connectivity index (χ3n) is 7.15. The van der Waals surface area contributed by atoms with Crippen molar-refractivity contribution in [3.05, 3.63) is 106 Å². The summed E-state index contributed by atoms with van der Waals surface area (Å²) in [6.45, 7) is 4.16. The fourth-order valence-electron chi connectivity index (χ4n) is 5.07. The number of hydrogen-bond acceptors (Lipinski definition) is 5. The summed E-state index contributed by atoms with van der Waals surface area (Å²) in [7, 11) is 0. The fraction of sp³-hybridized carbons (Fsp3) is 0.250. The van der Waals surface area contributed by atoms with Gasteiger partial charge < -0.3 is 15.6 Å². The molecule has 5 nitrogen and oxygen atoms in total. The molecule has 5 rings (SSSR count). The molecule has 2 atom stereocenters. The maximum atomic E-state index is 10.7. The summed E-state index contributed by atoms with van der Waals surface area (Å²) in [5.74, 6) is 1.34. The normalized spacial score (nSPS) is 19.3. The third-order valence-corrected chi connectivity index (χ3v) is 7.15. The van der Waals surface area contributed by atoms with E-state index in [1.54, 1.807) is 12.1 Å². The van der Waals surface area contributed by atoms with Crippen molar-refractivity contribution in [3.8, 4) is 22.9 Å². The minimum absolute atomic E-state index is 0.271. The molecule has 0 saturated carbocycles. The summed E-state index contributed by atoms with van der Waals surface area (Å²) in [4.78, 5) is 4.88. The van der Waals surface area contributed by atoms with Gasteiger partial charge in [-0.05, 0) is 72.7 Å². The highest BCUT2D eigenvalue weighted by atomic mass is 16.5. The standard InChI is InChI=1S/C32H31N3O2/c1-3-22-15-20(2)35-29(24-7-5-4-6-8-24)18-30(22)37-31-16-21(19-33)9-13-26(31)25-11-10-23-12-14-28(34)32(36)27(23)17-25/h4-11,13,16-18,28,32,36H,3,12,14-15,34H2,1-2H3. The van der Waals surface area contributed by atoms with E-state index in [0.29, 0.717) is 11.3 Å². The third kappa shape index (κ3) is 5.13. The molecule has 186 valence electrons. The van der Waals surface area contributed by atoms with Crippen LogP contribution in [0.25, 0.3) is 16.8 Å². The molecular weight excluding hydrogens is 458 g/mol. The van der Waals surface area contributed by atoms with Crippen LogP contribution < -0.4 is 10.5 Å². The van der Waals surface area contributed by atoms with Gasteiger partial charge in [-0.15, -0.1) is 0 Å². The van der Waals surface area contributed by atoms with Gasteiger partial charge in [0, 0.05) is 35.4 Å². The Hall–Kier alpha value is -3.98. The summed E-state index contributed by atoms with van der Waals surface area (Å²) in [6, 6.07) is 23.7. The summed E-state index contributed by atoms with van der Waals surface area (Å²) < 4.78 is 6.65. The van der Waals surface area contributed by atoms with Crippen LogP contribution in [0.15, 0.2) is 89.1 Å². The van der Waals surface area contributed by atoms with Crippen LogP contribution in [-0.4, -0.2) is 16.9 Å². The SMILES string of the molecule is CCC1=C(Oc2cc(C#N)ccc2-c2ccc3c(c2)C(O)C(N)CC3)C=C(c2ccccc2)N=C(C)C1. The van der Waals surface area contributed by atoms with Crippen molar-refractivity contribution < 1.29 is 9.84 Å². The van der Waals surface area contributed by atoms with Gasteiger partial charge in [-0.25, -0.2) is 0 Å². The largest absolute Gasteiger partial charge is 0.457 e. The monoisotopic (exact) mass is 489 g/mol. The number of hydrogen-bond donors (Lipinski definition) is 2. The van der Waals surface area contributed by atoms with Gasteiger partial charge in [-0.3, -0.25) is 4.99 Å². The zero-order valence-electron chi connectivity index (χ0n) is 21.2. The molecule has 0 radical (unpaired) electrons. The second-order valence-corrected chi connectivity index (χ2v) is 9.73. The summed E-state index contributed by atoms with van der Waals surface area (Å²) >= 11 is 0. The Kier molecular flexibility index (Phi) is 7.05. The molecule has 3 aromatic rings. The molecule has 0 spiro atoms. The molecule has 1 heterocycles. The molecule has 0 amide bonds. The van der Waals surface area contributed by atoms with Gasteiger partial charge in [0.2, 0.25) is 0 Å². The zero-order chi connectivity index (χ0) is 25.9. The van der Waals surface area contributed by atoms with Gasteiger partial charge >= 0.3 is 0 Å². The number of fused-ring (bicyclic) bond motifs is 1. The molecule has 0 fully saturated rings. The van der Waals surface area contributed by atoms with Crippen molar-refractivity contribution in [1.82, 2.24) is 0 Å².